The molecule has 0 unspecified atom stereocenters. The normalized spacial score (nSPS) is 16.2. The van der Waals surface area contributed by atoms with Gasteiger partial charge < -0.3 is 9.64 Å². The van der Waals surface area contributed by atoms with Crippen LogP contribution in [0.2, 0.25) is 0 Å². The van der Waals surface area contributed by atoms with Crippen molar-refractivity contribution in [1.82, 2.24) is 4.90 Å². The Hall–Kier alpha value is -0.770. The SMILES string of the molecule is CN=COC(=O)N1CCCC1.Cl. The van der Waals surface area contributed by atoms with Crippen LogP contribution in [0.3, 0.4) is 0 Å². The number of nitrogens with zero attached hydrogens (tertiary/aromatic N) is 2. The van der Waals surface area contributed by atoms with Crippen LogP contribution in [-0.4, -0.2) is 37.5 Å². The van der Waals surface area contributed by atoms with Gasteiger partial charge in [-0.1, -0.05) is 0 Å². The summed E-state index contributed by atoms with van der Waals surface area (Å²) in [4.78, 5) is 16.3. The highest BCUT2D eigenvalue weighted by Gasteiger charge is 2.18. The Morgan fingerprint density at radius 2 is 2.08 bits per heavy atom. The summed E-state index contributed by atoms with van der Waals surface area (Å²) in [6.07, 6.45) is 3.05. The molecule has 0 aromatic carbocycles. The summed E-state index contributed by atoms with van der Waals surface area (Å²) in [6.45, 7) is 1.63. The third kappa shape index (κ3) is 3.09. The predicted octanol–water partition coefficient (Wildman–Crippen LogP) is 1.30. The van der Waals surface area contributed by atoms with Crippen LogP contribution in [0.1, 0.15) is 12.8 Å². The van der Waals surface area contributed by atoms with Gasteiger partial charge >= 0.3 is 6.09 Å². The molecule has 0 aromatic rings. The summed E-state index contributed by atoms with van der Waals surface area (Å²) >= 11 is 0. The molecule has 0 spiro atoms. The number of likely N-dealkylation sites (tertiary alicyclic amines) is 1. The van der Waals surface area contributed by atoms with Crippen molar-refractivity contribution in [1.29, 1.82) is 0 Å². The van der Waals surface area contributed by atoms with Gasteiger partial charge in [0.2, 0.25) is 0 Å². The second-order valence-corrected chi connectivity index (χ2v) is 2.44. The molecular formula is C7H13ClN2O2. The minimum Gasteiger partial charge on any atom is -0.399 e. The van der Waals surface area contributed by atoms with E-state index in [0.717, 1.165) is 25.9 Å². The molecule has 1 rings (SSSR count). The summed E-state index contributed by atoms with van der Waals surface area (Å²) < 4.78 is 4.67. The quantitative estimate of drug-likeness (QED) is 0.464. The van der Waals surface area contributed by atoms with Gasteiger partial charge in [-0.2, -0.15) is 0 Å². The number of ether oxygens (including phenoxy) is 1. The third-order valence-corrected chi connectivity index (χ3v) is 1.62. The van der Waals surface area contributed by atoms with E-state index < -0.39 is 0 Å². The second-order valence-electron chi connectivity index (χ2n) is 2.44. The molecule has 70 valence electrons. The number of amides is 1. The fourth-order valence-electron chi connectivity index (χ4n) is 1.07. The van der Waals surface area contributed by atoms with Gasteiger partial charge in [-0.15, -0.1) is 12.4 Å². The molecule has 4 nitrogen and oxygen atoms in total. The Kier molecular flexibility index (Phi) is 5.45. The number of hydrogen-bond acceptors (Lipinski definition) is 3. The third-order valence-electron chi connectivity index (χ3n) is 1.62. The molecule has 0 bridgehead atoms. The first-order chi connectivity index (χ1) is 5.34. The monoisotopic (exact) mass is 192 g/mol. The van der Waals surface area contributed by atoms with E-state index in [1.807, 2.05) is 0 Å². The number of aliphatic imine (C=N–C) groups is 1. The summed E-state index contributed by atoms with van der Waals surface area (Å²) in [6, 6.07) is 0. The molecule has 1 saturated heterocycles. The first-order valence-electron chi connectivity index (χ1n) is 3.71. The van der Waals surface area contributed by atoms with Crippen LogP contribution < -0.4 is 0 Å². The van der Waals surface area contributed by atoms with Crippen LogP contribution in [0, 0.1) is 0 Å². The van der Waals surface area contributed by atoms with Gasteiger partial charge in [-0.05, 0) is 12.8 Å². The smallest absolute Gasteiger partial charge is 0.399 e. The number of carbonyl (C=O) groups excluding carboxylic acids is 1. The summed E-state index contributed by atoms with van der Waals surface area (Å²) in [5.41, 5.74) is 0. The number of hydrogen-bond donors (Lipinski definition) is 0. The summed E-state index contributed by atoms with van der Waals surface area (Å²) in [7, 11) is 1.57. The van der Waals surface area contributed by atoms with Crippen LogP contribution in [0.25, 0.3) is 0 Å². The highest BCUT2D eigenvalue weighted by Crippen LogP contribution is 2.07. The number of rotatable bonds is 1. The topological polar surface area (TPSA) is 41.9 Å². The Morgan fingerprint density at radius 1 is 1.50 bits per heavy atom. The van der Waals surface area contributed by atoms with Crippen molar-refractivity contribution in [3.8, 4) is 0 Å². The zero-order chi connectivity index (χ0) is 8.10. The van der Waals surface area contributed by atoms with Crippen LogP contribution in [0.4, 0.5) is 4.79 Å². The Bertz CT molecular complexity index is 167. The molecule has 0 aliphatic carbocycles. The lowest BCUT2D eigenvalue weighted by Gasteiger charge is -2.11. The fourth-order valence-corrected chi connectivity index (χ4v) is 1.07. The molecule has 5 heteroatoms. The minimum atomic E-state index is -0.284. The largest absolute Gasteiger partial charge is 0.416 e. The lowest BCUT2D eigenvalue weighted by molar-refractivity contribution is 0.162. The molecule has 1 heterocycles. The maximum absolute atomic E-state index is 11.0. The molecule has 12 heavy (non-hydrogen) atoms. The van der Waals surface area contributed by atoms with E-state index in [1.54, 1.807) is 11.9 Å². The van der Waals surface area contributed by atoms with Crippen LogP contribution in [0.15, 0.2) is 4.99 Å². The van der Waals surface area contributed by atoms with Gasteiger partial charge in [-0.3, -0.25) is 4.99 Å². The molecule has 0 N–H and O–H groups in total. The average Bonchev–Trinajstić information content (AvgIpc) is 2.52. The summed E-state index contributed by atoms with van der Waals surface area (Å²) in [5.74, 6) is 0. The van der Waals surface area contributed by atoms with Gasteiger partial charge in [0.25, 0.3) is 0 Å². The molecule has 0 atom stereocenters. The lowest BCUT2D eigenvalue weighted by Crippen LogP contribution is -2.27. The fraction of sp³-hybridized carbons (Fsp3) is 0.714. The van der Waals surface area contributed by atoms with Crippen LogP contribution in [-0.2, 0) is 4.74 Å². The lowest BCUT2D eigenvalue weighted by atomic mass is 10.4. The molecular weight excluding hydrogens is 180 g/mol. The Labute approximate surface area is 78.0 Å². The predicted molar refractivity (Wildman–Crippen MR) is 49.0 cm³/mol. The van der Waals surface area contributed by atoms with E-state index in [1.165, 1.54) is 6.40 Å². The molecule has 1 aliphatic heterocycles. The van der Waals surface area contributed by atoms with Crippen molar-refractivity contribution in [3.05, 3.63) is 0 Å². The van der Waals surface area contributed by atoms with E-state index in [-0.39, 0.29) is 18.5 Å². The van der Waals surface area contributed by atoms with Gasteiger partial charge in [0, 0.05) is 20.1 Å². The molecule has 0 aromatic heterocycles. The molecule has 0 radical (unpaired) electrons. The van der Waals surface area contributed by atoms with Gasteiger partial charge in [-0.25, -0.2) is 4.79 Å². The highest BCUT2D eigenvalue weighted by atomic mass is 35.5. The van der Waals surface area contributed by atoms with Gasteiger partial charge in [0.15, 0.2) is 6.40 Å². The Balaban J connectivity index is 0.00000121. The van der Waals surface area contributed by atoms with Crippen LogP contribution in [0.5, 0.6) is 0 Å². The number of halogens is 1. The maximum atomic E-state index is 11.0. The standard InChI is InChI=1S/C7H12N2O2.ClH/c1-8-6-11-7(10)9-4-2-3-5-9;/h6H,2-5H2,1H3;1H. The van der Waals surface area contributed by atoms with Gasteiger partial charge in [0.05, 0.1) is 0 Å². The highest BCUT2D eigenvalue weighted by molar-refractivity contribution is 5.85. The molecule has 0 saturated carbocycles. The Morgan fingerprint density at radius 3 is 2.58 bits per heavy atom. The first kappa shape index (κ1) is 11.2. The van der Waals surface area contributed by atoms with Crippen molar-refractivity contribution in [2.75, 3.05) is 20.1 Å². The van der Waals surface area contributed by atoms with E-state index in [4.69, 9.17) is 0 Å². The first-order valence-corrected chi connectivity index (χ1v) is 3.71. The summed E-state index contributed by atoms with van der Waals surface area (Å²) in [5, 5.41) is 0. The molecule has 1 fully saturated rings. The van der Waals surface area contributed by atoms with Crippen molar-refractivity contribution in [2.45, 2.75) is 12.8 Å². The van der Waals surface area contributed by atoms with Crippen molar-refractivity contribution >= 4 is 24.9 Å². The molecule has 1 amide bonds. The second kappa shape index (κ2) is 5.83. The average molecular weight is 193 g/mol. The van der Waals surface area contributed by atoms with E-state index in [0.29, 0.717) is 0 Å². The van der Waals surface area contributed by atoms with E-state index >= 15 is 0 Å². The van der Waals surface area contributed by atoms with Crippen molar-refractivity contribution < 1.29 is 9.53 Å². The molecule has 1 aliphatic rings. The van der Waals surface area contributed by atoms with E-state index in [2.05, 4.69) is 9.73 Å². The zero-order valence-corrected chi connectivity index (χ0v) is 7.84. The van der Waals surface area contributed by atoms with E-state index in [9.17, 15) is 4.79 Å². The number of carbonyl (C=O) groups is 1. The van der Waals surface area contributed by atoms with Gasteiger partial charge in [0.1, 0.15) is 0 Å². The minimum absolute atomic E-state index is 0. The van der Waals surface area contributed by atoms with Crippen molar-refractivity contribution in [2.24, 2.45) is 4.99 Å². The van der Waals surface area contributed by atoms with Crippen LogP contribution >= 0.6 is 12.4 Å². The van der Waals surface area contributed by atoms with Crippen molar-refractivity contribution in [3.63, 3.8) is 0 Å². The maximum Gasteiger partial charge on any atom is 0.416 e. The zero-order valence-electron chi connectivity index (χ0n) is 7.02.